The summed E-state index contributed by atoms with van der Waals surface area (Å²) < 4.78 is 0.381. The van der Waals surface area contributed by atoms with Crippen molar-refractivity contribution in [2.24, 2.45) is 0 Å². The molecule has 0 bridgehead atoms. The molecule has 0 spiro atoms. The highest BCUT2D eigenvalue weighted by Crippen LogP contribution is 2.43. The van der Waals surface area contributed by atoms with Gasteiger partial charge in [0.2, 0.25) is 0 Å². The molecule has 0 unspecified atom stereocenters. The summed E-state index contributed by atoms with van der Waals surface area (Å²) in [6.45, 7) is 9.24. The van der Waals surface area contributed by atoms with Gasteiger partial charge in [-0.2, -0.15) is 11.8 Å². The van der Waals surface area contributed by atoms with Crippen LogP contribution in [0.25, 0.3) is 0 Å². The molecule has 0 amide bonds. The van der Waals surface area contributed by atoms with E-state index in [-0.39, 0.29) is 5.41 Å². The van der Waals surface area contributed by atoms with Crippen molar-refractivity contribution in [3.05, 3.63) is 16.5 Å². The molecule has 2 rings (SSSR count). The van der Waals surface area contributed by atoms with Crippen molar-refractivity contribution < 1.29 is 0 Å². The van der Waals surface area contributed by atoms with E-state index in [4.69, 9.17) is 11.6 Å². The van der Waals surface area contributed by atoms with Gasteiger partial charge in [-0.15, -0.1) is 0 Å². The second-order valence-corrected chi connectivity index (χ2v) is 8.29. The number of rotatable bonds is 4. The molecule has 3 nitrogen and oxygen atoms in total. The normalized spacial score (nSPS) is 17.7. The number of nitrogens with zero attached hydrogens (tertiary/aromatic N) is 2. The van der Waals surface area contributed by atoms with Crippen LogP contribution in [0.3, 0.4) is 0 Å². The average Bonchev–Trinajstić information content (AvgIpc) is 2.31. The van der Waals surface area contributed by atoms with E-state index >= 15 is 0 Å². The number of nitrogens with one attached hydrogen (secondary N) is 1. The molecule has 1 fully saturated rings. The average molecular weight is 314 g/mol. The molecule has 1 saturated carbocycles. The number of halogens is 1. The molecule has 20 heavy (non-hydrogen) atoms. The van der Waals surface area contributed by atoms with Gasteiger partial charge in [-0.3, -0.25) is 0 Å². The fraction of sp³-hybridized carbons (Fsp3) is 0.733. The van der Waals surface area contributed by atoms with Crippen LogP contribution in [-0.2, 0) is 5.41 Å². The monoisotopic (exact) mass is 313 g/mol. The van der Waals surface area contributed by atoms with Crippen molar-refractivity contribution >= 4 is 29.2 Å². The molecule has 0 aliphatic heterocycles. The van der Waals surface area contributed by atoms with Crippen molar-refractivity contribution in [3.63, 3.8) is 0 Å². The first kappa shape index (κ1) is 15.9. The summed E-state index contributed by atoms with van der Waals surface area (Å²) >= 11 is 8.22. The van der Waals surface area contributed by atoms with Crippen LogP contribution in [-0.4, -0.2) is 27.5 Å². The summed E-state index contributed by atoms with van der Waals surface area (Å²) in [5.74, 6) is 1.68. The van der Waals surface area contributed by atoms with Crippen LogP contribution in [0.2, 0.25) is 5.15 Å². The lowest BCUT2D eigenvalue weighted by molar-refractivity contribution is 0.379. The quantitative estimate of drug-likeness (QED) is 0.834. The van der Waals surface area contributed by atoms with Gasteiger partial charge in [0.25, 0.3) is 0 Å². The predicted octanol–water partition coefficient (Wildman–Crippen LogP) is 4.43. The Kier molecular flexibility index (Phi) is 4.55. The number of hydrogen-bond donors (Lipinski definition) is 1. The van der Waals surface area contributed by atoms with Crippen LogP contribution < -0.4 is 5.32 Å². The van der Waals surface area contributed by atoms with E-state index < -0.39 is 0 Å². The molecule has 0 atom stereocenters. The largest absolute Gasteiger partial charge is 0.368 e. The Morgan fingerprint density at radius 1 is 1.30 bits per heavy atom. The molecule has 0 aromatic carbocycles. The molecule has 1 aliphatic carbocycles. The van der Waals surface area contributed by atoms with Gasteiger partial charge in [0.15, 0.2) is 0 Å². The van der Waals surface area contributed by atoms with Crippen molar-refractivity contribution in [2.75, 3.05) is 18.1 Å². The number of hydrogen-bond acceptors (Lipinski definition) is 4. The van der Waals surface area contributed by atoms with E-state index in [1.165, 1.54) is 19.3 Å². The lowest BCUT2D eigenvalue weighted by atomic mass is 9.84. The highest BCUT2D eigenvalue weighted by Gasteiger charge is 2.36. The van der Waals surface area contributed by atoms with Gasteiger partial charge in [0.1, 0.15) is 16.8 Å². The molecule has 0 radical (unpaired) electrons. The Labute approximate surface area is 131 Å². The minimum atomic E-state index is -0.0958. The first-order chi connectivity index (χ1) is 9.27. The van der Waals surface area contributed by atoms with Crippen molar-refractivity contribution in [2.45, 2.75) is 57.1 Å². The van der Waals surface area contributed by atoms with E-state index in [9.17, 15) is 0 Å². The summed E-state index contributed by atoms with van der Waals surface area (Å²) in [4.78, 5) is 9.10. The third-order valence-electron chi connectivity index (χ3n) is 4.03. The maximum Gasteiger partial charge on any atom is 0.137 e. The highest BCUT2D eigenvalue weighted by atomic mass is 35.5. The molecular weight excluding hydrogens is 290 g/mol. The van der Waals surface area contributed by atoms with E-state index in [0.29, 0.717) is 9.90 Å². The second-order valence-electron chi connectivity index (χ2n) is 6.66. The SMILES string of the molecule is CSC1(CNc2nc(C(C)(C)C)nc(Cl)c2C)CCC1. The molecule has 1 aromatic heterocycles. The zero-order chi connectivity index (χ0) is 15.0. The molecule has 0 saturated heterocycles. The molecule has 1 heterocycles. The zero-order valence-corrected chi connectivity index (χ0v) is 14.6. The standard InChI is InChI=1S/C15H24ClN3S/c1-10-11(16)18-13(14(2,3)4)19-12(10)17-9-15(20-5)7-6-8-15/h6-9H2,1-5H3,(H,17,18,19). The van der Waals surface area contributed by atoms with E-state index in [2.05, 4.69) is 42.3 Å². The molecule has 112 valence electrons. The minimum absolute atomic E-state index is 0.0958. The van der Waals surface area contributed by atoms with Crippen LogP contribution in [0.5, 0.6) is 0 Å². The Bertz CT molecular complexity index is 487. The van der Waals surface area contributed by atoms with Crippen molar-refractivity contribution in [3.8, 4) is 0 Å². The maximum absolute atomic E-state index is 6.26. The summed E-state index contributed by atoms with van der Waals surface area (Å²) in [5.41, 5.74) is 0.844. The fourth-order valence-electron chi connectivity index (χ4n) is 2.27. The summed E-state index contributed by atoms with van der Waals surface area (Å²) in [7, 11) is 0. The molecule has 1 N–H and O–H groups in total. The number of aromatic nitrogens is 2. The van der Waals surface area contributed by atoms with Crippen LogP contribution >= 0.6 is 23.4 Å². The first-order valence-electron chi connectivity index (χ1n) is 7.11. The lowest BCUT2D eigenvalue weighted by Gasteiger charge is -2.40. The van der Waals surface area contributed by atoms with Gasteiger partial charge in [0.05, 0.1) is 0 Å². The first-order valence-corrected chi connectivity index (χ1v) is 8.71. The number of thioether (sulfide) groups is 1. The van der Waals surface area contributed by atoms with Crippen LogP contribution in [0.1, 0.15) is 51.4 Å². The van der Waals surface area contributed by atoms with Gasteiger partial charge in [-0.1, -0.05) is 38.8 Å². The smallest absolute Gasteiger partial charge is 0.137 e. The van der Waals surface area contributed by atoms with Crippen LogP contribution in [0, 0.1) is 6.92 Å². The summed E-state index contributed by atoms with van der Waals surface area (Å²) in [6.07, 6.45) is 6.09. The highest BCUT2D eigenvalue weighted by molar-refractivity contribution is 8.00. The molecule has 5 heteroatoms. The minimum Gasteiger partial charge on any atom is -0.368 e. The van der Waals surface area contributed by atoms with Crippen molar-refractivity contribution in [1.29, 1.82) is 0 Å². The third kappa shape index (κ3) is 3.22. The Hall–Kier alpha value is -0.480. The van der Waals surface area contributed by atoms with Gasteiger partial charge < -0.3 is 5.32 Å². The lowest BCUT2D eigenvalue weighted by Crippen LogP contribution is -2.40. The molecule has 1 aliphatic rings. The van der Waals surface area contributed by atoms with E-state index in [1.54, 1.807) is 0 Å². The predicted molar refractivity (Wildman–Crippen MR) is 89.1 cm³/mol. The fourth-order valence-corrected chi connectivity index (χ4v) is 3.35. The van der Waals surface area contributed by atoms with Crippen LogP contribution in [0.4, 0.5) is 5.82 Å². The van der Waals surface area contributed by atoms with Crippen LogP contribution in [0.15, 0.2) is 0 Å². The topological polar surface area (TPSA) is 37.8 Å². The van der Waals surface area contributed by atoms with Crippen molar-refractivity contribution in [1.82, 2.24) is 9.97 Å². The van der Waals surface area contributed by atoms with E-state index in [0.717, 1.165) is 23.8 Å². The van der Waals surface area contributed by atoms with Gasteiger partial charge >= 0.3 is 0 Å². The van der Waals surface area contributed by atoms with Gasteiger partial charge in [0, 0.05) is 22.3 Å². The molecule has 1 aromatic rings. The summed E-state index contributed by atoms with van der Waals surface area (Å²) in [5, 5.41) is 4.06. The third-order valence-corrected chi connectivity index (χ3v) is 5.82. The van der Waals surface area contributed by atoms with Gasteiger partial charge in [-0.25, -0.2) is 9.97 Å². The second kappa shape index (κ2) is 5.72. The Morgan fingerprint density at radius 3 is 2.40 bits per heavy atom. The Morgan fingerprint density at radius 2 is 1.95 bits per heavy atom. The Balaban J connectivity index is 2.20. The summed E-state index contributed by atoms with van der Waals surface area (Å²) in [6, 6.07) is 0. The maximum atomic E-state index is 6.26. The zero-order valence-electron chi connectivity index (χ0n) is 13.0. The molecular formula is C15H24ClN3S. The van der Waals surface area contributed by atoms with E-state index in [1.807, 2.05) is 18.7 Å². The number of anilines is 1. The van der Waals surface area contributed by atoms with Gasteiger partial charge in [-0.05, 0) is 26.0 Å².